The predicted molar refractivity (Wildman–Crippen MR) is 104 cm³/mol. The van der Waals surface area contributed by atoms with Crippen LogP contribution in [-0.2, 0) is 19.5 Å². The highest BCUT2D eigenvalue weighted by Gasteiger charge is 2.26. The van der Waals surface area contributed by atoms with Crippen molar-refractivity contribution in [1.82, 2.24) is 9.88 Å². The molecule has 0 amide bonds. The molecule has 2 nitrogen and oxygen atoms in total. The zero-order valence-electron chi connectivity index (χ0n) is 14.5. The van der Waals surface area contributed by atoms with Gasteiger partial charge in [-0.1, -0.05) is 26.8 Å². The summed E-state index contributed by atoms with van der Waals surface area (Å²) in [6.45, 7) is 10.4. The molecule has 23 heavy (non-hydrogen) atoms. The Balaban J connectivity index is 1.77. The number of fused-ring (bicyclic) bond motifs is 1. The third-order valence-corrected chi connectivity index (χ3v) is 11.7. The lowest BCUT2D eigenvalue weighted by Gasteiger charge is -2.36. The van der Waals surface area contributed by atoms with Crippen molar-refractivity contribution >= 4 is 21.4 Å². The standard InChI is InChI=1S/C19H28N2S2/c1-4-23(5-2,6-3)19-13-16-14-21(12-10-18(16)22-19)15-17-9-7-8-11-20-17/h7-9,11,13H,4-6,10,12,14-15H2,1-3H3. The van der Waals surface area contributed by atoms with Gasteiger partial charge < -0.3 is 0 Å². The monoisotopic (exact) mass is 348 g/mol. The number of thiophene rings is 1. The van der Waals surface area contributed by atoms with Gasteiger partial charge in [0.15, 0.2) is 0 Å². The van der Waals surface area contributed by atoms with E-state index < -0.39 is 10.0 Å². The Morgan fingerprint density at radius 3 is 2.61 bits per heavy atom. The summed E-state index contributed by atoms with van der Waals surface area (Å²) in [5.41, 5.74) is 2.77. The van der Waals surface area contributed by atoms with Gasteiger partial charge in [0.05, 0.1) is 5.69 Å². The molecule has 2 aromatic heterocycles. The van der Waals surface area contributed by atoms with Crippen LogP contribution in [0, 0.1) is 0 Å². The van der Waals surface area contributed by atoms with Crippen LogP contribution in [0.5, 0.6) is 0 Å². The van der Waals surface area contributed by atoms with Crippen molar-refractivity contribution in [3.8, 4) is 0 Å². The van der Waals surface area contributed by atoms with E-state index in [9.17, 15) is 0 Å². The minimum atomic E-state index is -0.572. The Kier molecular flexibility index (Phi) is 5.45. The molecule has 0 N–H and O–H groups in total. The molecule has 0 aliphatic carbocycles. The largest absolute Gasteiger partial charge is 0.293 e. The van der Waals surface area contributed by atoms with Gasteiger partial charge in [-0.15, -0.1) is 11.3 Å². The van der Waals surface area contributed by atoms with E-state index in [2.05, 4.69) is 60.2 Å². The number of pyridine rings is 1. The highest BCUT2D eigenvalue weighted by molar-refractivity contribution is 8.34. The lowest BCUT2D eigenvalue weighted by atomic mass is 10.1. The molecule has 3 heterocycles. The van der Waals surface area contributed by atoms with E-state index in [1.54, 1.807) is 14.6 Å². The fourth-order valence-corrected chi connectivity index (χ4v) is 8.90. The van der Waals surface area contributed by atoms with Gasteiger partial charge in [-0.25, -0.2) is 10.0 Å². The van der Waals surface area contributed by atoms with Gasteiger partial charge in [-0.3, -0.25) is 9.88 Å². The first kappa shape index (κ1) is 17.0. The van der Waals surface area contributed by atoms with Crippen molar-refractivity contribution in [2.45, 2.75) is 44.5 Å². The number of nitrogens with zero attached hydrogens (tertiary/aromatic N) is 2. The van der Waals surface area contributed by atoms with E-state index >= 15 is 0 Å². The van der Waals surface area contributed by atoms with Gasteiger partial charge in [0.2, 0.25) is 0 Å². The van der Waals surface area contributed by atoms with Crippen molar-refractivity contribution in [2.24, 2.45) is 0 Å². The third kappa shape index (κ3) is 3.49. The van der Waals surface area contributed by atoms with Crippen molar-refractivity contribution < 1.29 is 0 Å². The van der Waals surface area contributed by atoms with Crippen LogP contribution in [0.25, 0.3) is 0 Å². The summed E-state index contributed by atoms with van der Waals surface area (Å²) in [7, 11) is -0.572. The molecule has 0 saturated heterocycles. The van der Waals surface area contributed by atoms with Crippen LogP contribution in [0.3, 0.4) is 0 Å². The quantitative estimate of drug-likeness (QED) is 0.736. The van der Waals surface area contributed by atoms with Crippen LogP contribution in [-0.4, -0.2) is 33.7 Å². The zero-order valence-corrected chi connectivity index (χ0v) is 16.2. The highest BCUT2D eigenvalue weighted by atomic mass is 32.3. The van der Waals surface area contributed by atoms with Gasteiger partial charge in [0, 0.05) is 34.9 Å². The summed E-state index contributed by atoms with van der Waals surface area (Å²) in [4.78, 5) is 8.66. The fourth-order valence-electron chi connectivity index (χ4n) is 3.47. The predicted octanol–water partition coefficient (Wildman–Crippen LogP) is 4.92. The Labute approximate surface area is 146 Å². The maximum atomic E-state index is 4.48. The van der Waals surface area contributed by atoms with E-state index in [0.29, 0.717) is 0 Å². The molecular weight excluding hydrogens is 320 g/mol. The van der Waals surface area contributed by atoms with Crippen molar-refractivity contribution in [3.05, 3.63) is 46.6 Å². The maximum Gasteiger partial charge on any atom is 0.0544 e. The summed E-state index contributed by atoms with van der Waals surface area (Å²) in [6.07, 6.45) is 3.11. The smallest absolute Gasteiger partial charge is 0.0544 e. The fraction of sp³-hybridized carbons (Fsp3) is 0.526. The topological polar surface area (TPSA) is 16.1 Å². The number of hydrogen-bond acceptors (Lipinski definition) is 3. The highest BCUT2D eigenvalue weighted by Crippen LogP contribution is 2.58. The second kappa shape index (κ2) is 7.37. The molecule has 0 saturated carbocycles. The van der Waals surface area contributed by atoms with Gasteiger partial charge in [-0.2, -0.15) is 0 Å². The first-order valence-electron chi connectivity index (χ1n) is 8.71. The Morgan fingerprint density at radius 1 is 1.17 bits per heavy atom. The molecule has 0 spiro atoms. The second-order valence-electron chi connectivity index (χ2n) is 6.21. The first-order chi connectivity index (χ1) is 11.2. The second-order valence-corrected chi connectivity index (χ2v) is 11.9. The van der Waals surface area contributed by atoms with E-state index in [4.69, 9.17) is 0 Å². The molecule has 0 atom stereocenters. The lowest BCUT2D eigenvalue weighted by molar-refractivity contribution is 0.244. The van der Waals surface area contributed by atoms with E-state index in [-0.39, 0.29) is 0 Å². The maximum absolute atomic E-state index is 4.48. The Hall–Kier alpha value is -0.840. The van der Waals surface area contributed by atoms with Gasteiger partial charge in [-0.05, 0) is 47.4 Å². The van der Waals surface area contributed by atoms with Crippen LogP contribution >= 0.6 is 21.4 Å². The normalized spacial score (nSPS) is 16.3. The molecule has 1 aliphatic rings. The summed E-state index contributed by atoms with van der Waals surface area (Å²) in [5, 5.41) is 0. The number of hydrogen-bond donors (Lipinski definition) is 0. The average molecular weight is 349 g/mol. The van der Waals surface area contributed by atoms with E-state index in [1.165, 1.54) is 29.4 Å². The molecule has 126 valence electrons. The van der Waals surface area contributed by atoms with Crippen molar-refractivity contribution in [3.63, 3.8) is 0 Å². The average Bonchev–Trinajstić information content (AvgIpc) is 3.02. The molecule has 0 radical (unpaired) electrons. The molecule has 3 rings (SSSR count). The molecule has 1 aliphatic heterocycles. The van der Waals surface area contributed by atoms with Crippen LogP contribution in [0.1, 0.15) is 36.9 Å². The third-order valence-electron chi connectivity index (χ3n) is 5.12. The summed E-state index contributed by atoms with van der Waals surface area (Å²) in [5.74, 6) is 3.99. The minimum Gasteiger partial charge on any atom is -0.293 e. The molecular formula is C19H28N2S2. The van der Waals surface area contributed by atoms with Crippen molar-refractivity contribution in [1.29, 1.82) is 0 Å². The molecule has 0 fully saturated rings. The Morgan fingerprint density at radius 2 is 1.96 bits per heavy atom. The van der Waals surface area contributed by atoms with E-state index in [1.807, 2.05) is 12.3 Å². The molecule has 4 heteroatoms. The Bertz CT molecular complexity index is 624. The molecule has 2 aromatic rings. The summed E-state index contributed by atoms with van der Waals surface area (Å²) >= 11 is 2.12. The van der Waals surface area contributed by atoms with Crippen LogP contribution in [0.15, 0.2) is 34.7 Å². The number of aromatic nitrogens is 1. The van der Waals surface area contributed by atoms with Crippen molar-refractivity contribution in [2.75, 3.05) is 23.8 Å². The van der Waals surface area contributed by atoms with Crippen LogP contribution in [0.2, 0.25) is 0 Å². The van der Waals surface area contributed by atoms with Gasteiger partial charge in [0.1, 0.15) is 0 Å². The molecule has 0 aromatic carbocycles. The minimum absolute atomic E-state index is 0.572. The van der Waals surface area contributed by atoms with Gasteiger partial charge >= 0.3 is 0 Å². The van der Waals surface area contributed by atoms with Crippen LogP contribution in [0.4, 0.5) is 0 Å². The van der Waals surface area contributed by atoms with Gasteiger partial charge in [0.25, 0.3) is 0 Å². The van der Waals surface area contributed by atoms with Crippen LogP contribution < -0.4 is 0 Å². The SMILES string of the molecule is CCS(CC)(CC)c1cc2c(s1)CCN(Cc1ccccn1)C2. The number of rotatable bonds is 6. The van der Waals surface area contributed by atoms with E-state index in [0.717, 1.165) is 19.6 Å². The first-order valence-corrected chi connectivity index (χ1v) is 11.7. The molecule has 0 bridgehead atoms. The lowest BCUT2D eigenvalue weighted by Crippen LogP contribution is -2.29. The summed E-state index contributed by atoms with van der Waals surface area (Å²) < 4.78 is 1.70. The summed E-state index contributed by atoms with van der Waals surface area (Å²) in [6, 6.07) is 8.76. The molecule has 0 unspecified atom stereocenters. The zero-order chi connectivity index (χ0) is 16.3.